The Morgan fingerprint density at radius 2 is 2.21 bits per heavy atom. The van der Waals surface area contributed by atoms with Gasteiger partial charge in [0, 0.05) is 5.56 Å². The molecule has 0 fully saturated rings. The van der Waals surface area contributed by atoms with Crippen LogP contribution < -0.4 is 4.74 Å². The molecule has 0 spiro atoms. The molecule has 0 aliphatic carbocycles. The molecule has 0 atom stereocenters. The molecule has 3 nitrogen and oxygen atoms in total. The summed E-state index contributed by atoms with van der Waals surface area (Å²) < 4.78 is 4.98. The largest absolute Gasteiger partial charge is 0.507 e. The lowest BCUT2D eigenvalue weighted by atomic mass is 10.1. The van der Waals surface area contributed by atoms with Gasteiger partial charge in [-0.2, -0.15) is 0 Å². The Hall–Kier alpha value is -1.22. The van der Waals surface area contributed by atoms with Gasteiger partial charge >= 0.3 is 0 Å². The summed E-state index contributed by atoms with van der Waals surface area (Å²) >= 11 is 5.61. The number of hydrogen-bond donors (Lipinski definition) is 1. The van der Waals surface area contributed by atoms with Gasteiger partial charge in [0.15, 0.2) is 5.78 Å². The van der Waals surface area contributed by atoms with Crippen LogP contribution in [0.2, 0.25) is 0 Å². The number of Topliss-reactive ketones (excluding diaryl/α,β-unsaturated/α-hetero) is 1. The lowest BCUT2D eigenvalue weighted by Crippen LogP contribution is -1.97. The van der Waals surface area contributed by atoms with Gasteiger partial charge in [-0.15, -0.1) is 11.6 Å². The normalized spacial score (nSPS) is 9.93. The average molecular weight is 215 g/mol. The van der Waals surface area contributed by atoms with E-state index in [1.807, 2.05) is 0 Å². The molecule has 1 aromatic carbocycles. The third-order valence-corrected chi connectivity index (χ3v) is 2.21. The summed E-state index contributed by atoms with van der Waals surface area (Å²) in [5, 5.41) is 9.62. The predicted molar refractivity (Wildman–Crippen MR) is 54.2 cm³/mol. The molecule has 4 heteroatoms. The van der Waals surface area contributed by atoms with E-state index in [-0.39, 0.29) is 23.0 Å². The van der Waals surface area contributed by atoms with Crippen molar-refractivity contribution in [1.82, 2.24) is 0 Å². The van der Waals surface area contributed by atoms with Crippen molar-refractivity contribution in [1.29, 1.82) is 0 Å². The maximum absolute atomic E-state index is 11.1. The zero-order chi connectivity index (χ0) is 10.7. The first-order valence-electron chi connectivity index (χ1n) is 4.07. The molecule has 0 aromatic heterocycles. The van der Waals surface area contributed by atoms with Crippen molar-refractivity contribution < 1.29 is 14.6 Å². The zero-order valence-electron chi connectivity index (χ0n) is 8.00. The molecular formula is C10H11ClO3. The van der Waals surface area contributed by atoms with Crippen LogP contribution >= 0.6 is 11.6 Å². The second kappa shape index (κ2) is 4.33. The molecule has 0 heterocycles. The monoisotopic (exact) mass is 214 g/mol. The van der Waals surface area contributed by atoms with Gasteiger partial charge in [0.1, 0.15) is 11.5 Å². The molecule has 0 aliphatic heterocycles. The molecule has 0 unspecified atom stereocenters. The summed E-state index contributed by atoms with van der Waals surface area (Å²) in [6.07, 6.45) is 0. The van der Waals surface area contributed by atoms with E-state index in [1.165, 1.54) is 20.1 Å². The first kappa shape index (κ1) is 10.9. The van der Waals surface area contributed by atoms with Crippen molar-refractivity contribution in [3.8, 4) is 11.5 Å². The predicted octanol–water partition coefficient (Wildman–Crippen LogP) is 2.34. The van der Waals surface area contributed by atoms with E-state index in [0.717, 1.165) is 0 Å². The first-order chi connectivity index (χ1) is 6.60. The summed E-state index contributed by atoms with van der Waals surface area (Å²) in [5.74, 6) is 0.383. The van der Waals surface area contributed by atoms with Gasteiger partial charge < -0.3 is 9.84 Å². The van der Waals surface area contributed by atoms with Gasteiger partial charge in [0.2, 0.25) is 0 Å². The number of ether oxygens (including phenoxy) is 1. The summed E-state index contributed by atoms with van der Waals surface area (Å²) in [6.45, 7) is 1.38. The highest BCUT2D eigenvalue weighted by Crippen LogP contribution is 2.29. The Kier molecular flexibility index (Phi) is 3.36. The molecule has 1 aromatic rings. The Balaban J connectivity index is 3.34. The van der Waals surface area contributed by atoms with Crippen LogP contribution in [0.4, 0.5) is 0 Å². The van der Waals surface area contributed by atoms with Crippen molar-refractivity contribution in [2.45, 2.75) is 12.8 Å². The van der Waals surface area contributed by atoms with Crippen LogP contribution in [0.15, 0.2) is 12.1 Å². The number of rotatable bonds is 3. The smallest absolute Gasteiger partial charge is 0.163 e. The molecule has 0 aliphatic rings. The quantitative estimate of drug-likeness (QED) is 0.621. The third kappa shape index (κ3) is 1.99. The Morgan fingerprint density at radius 3 is 2.64 bits per heavy atom. The number of ketones is 1. The number of methoxy groups -OCH3 is 1. The maximum Gasteiger partial charge on any atom is 0.163 e. The number of carbonyl (C=O) groups is 1. The van der Waals surface area contributed by atoms with Gasteiger partial charge in [0.25, 0.3) is 0 Å². The number of halogens is 1. The standard InChI is InChI=1S/C10H11ClO3/c1-6(12)9-4-8(14-2)3-7(5-11)10(9)13/h3-4,13H,5H2,1-2H3. The fourth-order valence-corrected chi connectivity index (χ4v) is 1.36. The second-order valence-corrected chi connectivity index (χ2v) is 3.14. The number of aromatic hydroxyl groups is 1. The van der Waals surface area contributed by atoms with Crippen LogP contribution in [-0.4, -0.2) is 18.0 Å². The van der Waals surface area contributed by atoms with Crippen LogP contribution in [0.5, 0.6) is 11.5 Å². The van der Waals surface area contributed by atoms with E-state index in [2.05, 4.69) is 0 Å². The molecule has 1 rings (SSSR count). The Bertz CT molecular complexity index is 361. The minimum atomic E-state index is -0.215. The highest BCUT2D eigenvalue weighted by molar-refractivity contribution is 6.17. The maximum atomic E-state index is 11.1. The van der Waals surface area contributed by atoms with Gasteiger partial charge in [-0.05, 0) is 19.1 Å². The molecule has 0 saturated heterocycles. The molecule has 0 radical (unpaired) electrons. The van der Waals surface area contributed by atoms with E-state index in [1.54, 1.807) is 6.07 Å². The number of hydrogen-bond acceptors (Lipinski definition) is 3. The highest BCUT2D eigenvalue weighted by atomic mass is 35.5. The van der Waals surface area contributed by atoms with E-state index in [0.29, 0.717) is 11.3 Å². The molecule has 0 saturated carbocycles. The number of phenols is 1. The van der Waals surface area contributed by atoms with Gasteiger partial charge in [-0.3, -0.25) is 4.79 Å². The number of carbonyl (C=O) groups excluding carboxylic acids is 1. The molecular weight excluding hydrogens is 204 g/mol. The van der Waals surface area contributed by atoms with E-state index in [4.69, 9.17) is 16.3 Å². The minimum Gasteiger partial charge on any atom is -0.507 e. The van der Waals surface area contributed by atoms with Crippen LogP contribution in [0.1, 0.15) is 22.8 Å². The summed E-state index contributed by atoms with van der Waals surface area (Å²) in [5.41, 5.74) is 0.733. The van der Waals surface area contributed by atoms with E-state index < -0.39 is 0 Å². The van der Waals surface area contributed by atoms with Crippen LogP contribution in [0.25, 0.3) is 0 Å². The summed E-state index contributed by atoms with van der Waals surface area (Å²) in [7, 11) is 1.49. The minimum absolute atomic E-state index is 0.0618. The second-order valence-electron chi connectivity index (χ2n) is 2.87. The number of benzene rings is 1. The molecule has 76 valence electrons. The van der Waals surface area contributed by atoms with Crippen molar-refractivity contribution in [3.05, 3.63) is 23.3 Å². The molecule has 0 bridgehead atoms. The fraction of sp³-hybridized carbons (Fsp3) is 0.300. The third-order valence-electron chi connectivity index (χ3n) is 1.92. The number of alkyl halides is 1. The Morgan fingerprint density at radius 1 is 1.57 bits per heavy atom. The molecule has 14 heavy (non-hydrogen) atoms. The lowest BCUT2D eigenvalue weighted by Gasteiger charge is -2.08. The van der Waals surface area contributed by atoms with Crippen molar-refractivity contribution >= 4 is 17.4 Å². The lowest BCUT2D eigenvalue weighted by molar-refractivity contribution is 0.101. The van der Waals surface area contributed by atoms with Crippen LogP contribution in [0, 0.1) is 0 Å². The van der Waals surface area contributed by atoms with Crippen molar-refractivity contribution in [3.63, 3.8) is 0 Å². The average Bonchev–Trinajstić information content (AvgIpc) is 2.17. The van der Waals surface area contributed by atoms with Crippen LogP contribution in [-0.2, 0) is 5.88 Å². The Labute approximate surface area is 87.3 Å². The summed E-state index contributed by atoms with van der Waals surface area (Å²) in [4.78, 5) is 11.1. The molecule has 0 amide bonds. The topological polar surface area (TPSA) is 46.5 Å². The fourth-order valence-electron chi connectivity index (χ4n) is 1.15. The van der Waals surface area contributed by atoms with E-state index in [9.17, 15) is 9.90 Å². The first-order valence-corrected chi connectivity index (χ1v) is 4.60. The van der Waals surface area contributed by atoms with Gasteiger partial charge in [-0.1, -0.05) is 0 Å². The van der Waals surface area contributed by atoms with Crippen molar-refractivity contribution in [2.24, 2.45) is 0 Å². The molecule has 1 N–H and O–H groups in total. The highest BCUT2D eigenvalue weighted by Gasteiger charge is 2.12. The van der Waals surface area contributed by atoms with E-state index >= 15 is 0 Å². The van der Waals surface area contributed by atoms with Crippen molar-refractivity contribution in [2.75, 3.05) is 7.11 Å². The summed E-state index contributed by atoms with van der Waals surface area (Å²) in [6, 6.07) is 3.10. The van der Waals surface area contributed by atoms with Gasteiger partial charge in [0.05, 0.1) is 18.6 Å². The van der Waals surface area contributed by atoms with Crippen LogP contribution in [0.3, 0.4) is 0 Å². The number of phenolic OH excluding ortho intramolecular Hbond substituents is 1. The zero-order valence-corrected chi connectivity index (χ0v) is 8.76. The van der Waals surface area contributed by atoms with Gasteiger partial charge in [-0.25, -0.2) is 0 Å². The SMILES string of the molecule is COc1cc(CCl)c(O)c(C(C)=O)c1.